The van der Waals surface area contributed by atoms with E-state index in [4.69, 9.17) is 0 Å². The fourth-order valence-electron chi connectivity index (χ4n) is 3.59. The van der Waals surface area contributed by atoms with Crippen molar-refractivity contribution in [1.29, 1.82) is 0 Å². The number of nitrogens with one attached hydrogen (secondary N) is 3. The van der Waals surface area contributed by atoms with E-state index in [0.29, 0.717) is 25.5 Å². The summed E-state index contributed by atoms with van der Waals surface area (Å²) in [4.78, 5) is 34.8. The average Bonchev–Trinajstić information content (AvgIpc) is 3.00. The van der Waals surface area contributed by atoms with Crippen LogP contribution in [0.5, 0.6) is 0 Å². The molecule has 2 aliphatic heterocycles. The molecule has 136 valence electrons. The van der Waals surface area contributed by atoms with Crippen molar-refractivity contribution in [3.05, 3.63) is 30.6 Å². The van der Waals surface area contributed by atoms with Crippen LogP contribution in [0.4, 0.5) is 10.6 Å². The first-order valence-corrected chi connectivity index (χ1v) is 8.78. The Hall–Kier alpha value is -2.90. The summed E-state index contributed by atoms with van der Waals surface area (Å²) in [5.41, 5.74) is 0.526. The van der Waals surface area contributed by atoms with Gasteiger partial charge in [0.1, 0.15) is 18.2 Å². The highest BCUT2D eigenvalue weighted by Gasteiger charge is 2.50. The van der Waals surface area contributed by atoms with E-state index >= 15 is 0 Å². The van der Waals surface area contributed by atoms with Crippen LogP contribution in [0.1, 0.15) is 13.8 Å². The van der Waals surface area contributed by atoms with Gasteiger partial charge in [-0.3, -0.25) is 4.79 Å². The number of hydrogen-bond donors (Lipinski definition) is 3. The van der Waals surface area contributed by atoms with Gasteiger partial charge in [-0.2, -0.15) is 0 Å². The van der Waals surface area contributed by atoms with Crippen LogP contribution in [0.3, 0.4) is 0 Å². The number of aromatic nitrogens is 2. The third-order valence-corrected chi connectivity index (χ3v) is 5.03. The van der Waals surface area contributed by atoms with E-state index in [1.807, 2.05) is 38.1 Å². The highest BCUT2D eigenvalue weighted by Crippen LogP contribution is 2.27. The van der Waals surface area contributed by atoms with E-state index in [0.717, 1.165) is 10.9 Å². The molecular weight excluding hydrogens is 332 g/mol. The molecule has 0 unspecified atom stereocenters. The second kappa shape index (κ2) is 6.12. The molecule has 8 nitrogen and oxygen atoms in total. The molecule has 26 heavy (non-hydrogen) atoms. The van der Waals surface area contributed by atoms with Crippen LogP contribution in [0.25, 0.3) is 10.9 Å². The molecule has 1 aromatic carbocycles. The van der Waals surface area contributed by atoms with Crippen molar-refractivity contribution in [2.24, 2.45) is 5.92 Å². The molecule has 0 saturated carbocycles. The van der Waals surface area contributed by atoms with Crippen molar-refractivity contribution in [3.8, 4) is 0 Å². The smallest absolute Gasteiger partial charge is 0.315 e. The number of benzene rings is 1. The third kappa shape index (κ3) is 2.81. The van der Waals surface area contributed by atoms with Crippen LogP contribution in [0, 0.1) is 5.92 Å². The van der Waals surface area contributed by atoms with Gasteiger partial charge in [-0.1, -0.05) is 26.0 Å². The maximum absolute atomic E-state index is 13.0. The van der Waals surface area contributed by atoms with Crippen molar-refractivity contribution >= 4 is 28.7 Å². The van der Waals surface area contributed by atoms with Crippen molar-refractivity contribution in [1.82, 2.24) is 25.5 Å². The van der Waals surface area contributed by atoms with Gasteiger partial charge in [0.2, 0.25) is 5.91 Å². The number of urea groups is 1. The molecule has 1 spiro atoms. The molecule has 0 bridgehead atoms. The summed E-state index contributed by atoms with van der Waals surface area (Å²) < 4.78 is 0. The second-order valence-corrected chi connectivity index (χ2v) is 7.39. The van der Waals surface area contributed by atoms with Gasteiger partial charge in [0.25, 0.3) is 0 Å². The van der Waals surface area contributed by atoms with Gasteiger partial charge in [-0.05, 0) is 18.1 Å². The number of rotatable bonds is 4. The summed E-state index contributed by atoms with van der Waals surface area (Å²) in [5, 5.41) is 9.87. The van der Waals surface area contributed by atoms with E-state index < -0.39 is 6.04 Å². The molecule has 2 fully saturated rings. The van der Waals surface area contributed by atoms with E-state index in [1.54, 1.807) is 4.90 Å². The van der Waals surface area contributed by atoms with Gasteiger partial charge in [-0.25, -0.2) is 14.8 Å². The predicted molar refractivity (Wildman–Crippen MR) is 97.6 cm³/mol. The van der Waals surface area contributed by atoms with Crippen molar-refractivity contribution < 1.29 is 9.59 Å². The van der Waals surface area contributed by atoms with E-state index in [1.165, 1.54) is 6.33 Å². The zero-order valence-corrected chi connectivity index (χ0v) is 14.8. The molecular formula is C18H22N6O2. The monoisotopic (exact) mass is 354 g/mol. The zero-order valence-electron chi connectivity index (χ0n) is 14.8. The fraction of sp³-hybridized carbons (Fsp3) is 0.444. The van der Waals surface area contributed by atoms with Crippen LogP contribution >= 0.6 is 0 Å². The van der Waals surface area contributed by atoms with Crippen molar-refractivity contribution in [2.75, 3.05) is 25.0 Å². The summed E-state index contributed by atoms with van der Waals surface area (Å²) >= 11 is 0. The van der Waals surface area contributed by atoms with Crippen molar-refractivity contribution in [3.63, 3.8) is 0 Å². The number of fused-ring (bicyclic) bond motifs is 1. The maximum atomic E-state index is 13.0. The summed E-state index contributed by atoms with van der Waals surface area (Å²) in [7, 11) is 0. The first-order chi connectivity index (χ1) is 12.5. The molecule has 1 aromatic heterocycles. The standard InChI is InChI=1S/C18H22N6O2/c1-11(2)14(16(25)24-8-18(9-24)7-19-17(26)23-18)22-15-12-5-3-4-6-13(12)20-10-21-15/h3-6,10-11,14H,7-9H2,1-2H3,(H2,19,23,26)(H,20,21,22)/t14-/m0/s1. The highest BCUT2D eigenvalue weighted by atomic mass is 16.2. The molecule has 4 rings (SSSR count). The van der Waals surface area contributed by atoms with Crippen molar-refractivity contribution in [2.45, 2.75) is 25.4 Å². The number of amides is 3. The van der Waals surface area contributed by atoms with E-state index in [-0.39, 0.29) is 23.4 Å². The Morgan fingerprint density at radius 1 is 1.27 bits per heavy atom. The van der Waals surface area contributed by atoms with Crippen LogP contribution in [-0.4, -0.2) is 58.0 Å². The summed E-state index contributed by atoms with van der Waals surface area (Å²) in [5.74, 6) is 0.771. The summed E-state index contributed by atoms with van der Waals surface area (Å²) in [6, 6.07) is 7.16. The lowest BCUT2D eigenvalue weighted by Crippen LogP contribution is -2.71. The molecule has 3 heterocycles. The van der Waals surface area contributed by atoms with Gasteiger partial charge < -0.3 is 20.9 Å². The maximum Gasteiger partial charge on any atom is 0.315 e. The molecule has 0 radical (unpaired) electrons. The van der Waals surface area contributed by atoms with Crippen LogP contribution in [0.15, 0.2) is 30.6 Å². The lowest BCUT2D eigenvalue weighted by Gasteiger charge is -2.48. The topological polar surface area (TPSA) is 99.2 Å². The minimum atomic E-state index is -0.393. The first-order valence-electron chi connectivity index (χ1n) is 8.78. The third-order valence-electron chi connectivity index (χ3n) is 5.03. The van der Waals surface area contributed by atoms with E-state index in [9.17, 15) is 9.59 Å². The molecule has 3 N–H and O–H groups in total. The lowest BCUT2D eigenvalue weighted by molar-refractivity contribution is -0.140. The summed E-state index contributed by atoms with van der Waals surface area (Å²) in [6.07, 6.45) is 1.50. The number of anilines is 1. The quantitative estimate of drug-likeness (QED) is 0.759. The Balaban J connectivity index is 1.51. The number of hydrogen-bond acceptors (Lipinski definition) is 5. The fourth-order valence-corrected chi connectivity index (χ4v) is 3.59. The molecule has 2 saturated heterocycles. The second-order valence-electron chi connectivity index (χ2n) is 7.39. The summed E-state index contributed by atoms with van der Waals surface area (Å²) in [6.45, 7) is 5.63. The number of likely N-dealkylation sites (tertiary alicyclic amines) is 1. The Morgan fingerprint density at radius 3 is 2.73 bits per heavy atom. The Morgan fingerprint density at radius 2 is 2.04 bits per heavy atom. The Labute approximate surface area is 151 Å². The minimum absolute atomic E-state index is 0.0227. The van der Waals surface area contributed by atoms with Gasteiger partial charge in [0.15, 0.2) is 0 Å². The number of para-hydroxylation sites is 1. The van der Waals surface area contributed by atoms with E-state index in [2.05, 4.69) is 25.9 Å². The van der Waals surface area contributed by atoms with Gasteiger partial charge in [-0.15, -0.1) is 0 Å². The van der Waals surface area contributed by atoms with Gasteiger partial charge in [0.05, 0.1) is 11.1 Å². The average molecular weight is 354 g/mol. The number of nitrogens with zero attached hydrogens (tertiary/aromatic N) is 3. The van der Waals surface area contributed by atoms with Gasteiger partial charge >= 0.3 is 6.03 Å². The molecule has 3 amide bonds. The Bertz CT molecular complexity index is 856. The number of carbonyl (C=O) groups excluding carboxylic acids is 2. The van der Waals surface area contributed by atoms with Crippen LogP contribution in [0.2, 0.25) is 0 Å². The molecule has 8 heteroatoms. The molecule has 2 aliphatic rings. The normalized spacial score (nSPS) is 19.2. The zero-order chi connectivity index (χ0) is 18.3. The molecule has 2 aromatic rings. The minimum Gasteiger partial charge on any atom is -0.358 e. The lowest BCUT2D eigenvalue weighted by atomic mass is 9.89. The first kappa shape index (κ1) is 16.6. The highest BCUT2D eigenvalue weighted by molar-refractivity contribution is 5.92. The SMILES string of the molecule is CC(C)[C@H](Nc1ncnc2ccccc12)C(=O)N1CC2(CNC(=O)N2)C1. The van der Waals surface area contributed by atoms with Gasteiger partial charge in [0, 0.05) is 25.0 Å². The Kier molecular flexibility index (Phi) is 3.90. The molecule has 0 aliphatic carbocycles. The van der Waals surface area contributed by atoms with Crippen LogP contribution < -0.4 is 16.0 Å². The molecule has 1 atom stereocenters. The largest absolute Gasteiger partial charge is 0.358 e. The number of carbonyl (C=O) groups is 2. The van der Waals surface area contributed by atoms with Crippen LogP contribution in [-0.2, 0) is 4.79 Å². The predicted octanol–water partition coefficient (Wildman–Crippen LogP) is 0.960.